The van der Waals surface area contributed by atoms with Crippen LogP contribution in [0.15, 0.2) is 37.2 Å². The molecular weight excluding hydrogens is 794 g/mol. The largest absolute Gasteiger partial charge is 0.481 e. The van der Waals surface area contributed by atoms with Crippen molar-refractivity contribution >= 4 is 62.3 Å². The minimum Gasteiger partial charge on any atom is -0.456 e. The lowest BCUT2D eigenvalue weighted by Crippen LogP contribution is -2.48. The summed E-state index contributed by atoms with van der Waals surface area (Å²) in [5.74, 6) is -3.69. The van der Waals surface area contributed by atoms with Crippen LogP contribution >= 0.6 is 15.6 Å². The van der Waals surface area contributed by atoms with Crippen molar-refractivity contribution in [3.63, 3.8) is 0 Å². The van der Waals surface area contributed by atoms with E-state index in [0.29, 0.717) is 0 Å². The Labute approximate surface area is 316 Å². The van der Waals surface area contributed by atoms with E-state index in [1.165, 1.54) is 46.9 Å². The van der Waals surface area contributed by atoms with Gasteiger partial charge < -0.3 is 43.9 Å². The van der Waals surface area contributed by atoms with Crippen molar-refractivity contribution in [2.75, 3.05) is 18.9 Å². The predicted octanol–water partition coefficient (Wildman–Crippen LogP) is 0.371. The number of nitrogens with zero attached hydrogens (tertiary/aromatic N) is 5. The van der Waals surface area contributed by atoms with Gasteiger partial charge in [0.25, 0.3) is 0 Å². The van der Waals surface area contributed by atoms with Crippen LogP contribution in [-0.4, -0.2) is 109 Å². The quantitative estimate of drug-likeness (QED) is 0.0612. The number of aromatic nitrogens is 5. The zero-order valence-corrected chi connectivity index (χ0v) is 31.9. The van der Waals surface area contributed by atoms with Crippen molar-refractivity contribution in [3.8, 4) is 0 Å². The molecule has 0 aromatic carbocycles. The van der Waals surface area contributed by atoms with E-state index in [1.54, 1.807) is 0 Å². The summed E-state index contributed by atoms with van der Waals surface area (Å²) < 4.78 is 76.3. The molecule has 26 heteroatoms. The number of phosphoric acid groups is 2. The zero-order valence-electron chi connectivity index (χ0n) is 30.1. The van der Waals surface area contributed by atoms with E-state index in [-0.39, 0.29) is 28.3 Å². The first-order valence-corrected chi connectivity index (χ1v) is 19.3. The summed E-state index contributed by atoms with van der Waals surface area (Å²) in [5.41, 5.74) is 6.38. The average Bonchev–Trinajstić information content (AvgIpc) is 3.76. The Kier molecular flexibility index (Phi) is 13.0. The smallest absolute Gasteiger partial charge is 0.456 e. The van der Waals surface area contributed by atoms with E-state index in [0.717, 1.165) is 34.0 Å². The van der Waals surface area contributed by atoms with Gasteiger partial charge in [0.05, 0.1) is 25.1 Å². The molecule has 0 aliphatic carbocycles. The van der Waals surface area contributed by atoms with Crippen LogP contribution < -0.4 is 10.3 Å². The summed E-state index contributed by atoms with van der Waals surface area (Å²) in [5, 5.41) is 0. The second-order valence-corrected chi connectivity index (χ2v) is 15.3. The van der Waals surface area contributed by atoms with Gasteiger partial charge in [0.15, 0.2) is 54.2 Å². The number of carbonyl (C=O) groups excluding carboxylic acids is 5. The second-order valence-electron chi connectivity index (χ2n) is 12.2. The van der Waals surface area contributed by atoms with Crippen molar-refractivity contribution in [2.24, 2.45) is 0 Å². The molecule has 0 bridgehead atoms. The Morgan fingerprint density at radius 1 is 0.804 bits per heavy atom. The number of rotatable bonds is 15. The molecule has 5 heterocycles. The van der Waals surface area contributed by atoms with Crippen LogP contribution in [0.4, 0.5) is 5.82 Å². The molecule has 4 N–H and O–H groups in total. The number of ether oxygens (including phenoxy) is 6. The molecule has 3 aromatic rings. The van der Waals surface area contributed by atoms with Crippen molar-refractivity contribution in [3.05, 3.63) is 42.7 Å². The summed E-state index contributed by atoms with van der Waals surface area (Å²) >= 11 is 0. The number of Topliss-reactive ketones (excluding diaryl/α,β-unsaturated/α-hetero) is 1. The fraction of sp³-hybridized carbons (Fsp3) is 0.500. The number of nitrogen functional groups attached to an aromatic ring is 1. The Balaban J connectivity index is 1.31. The maximum atomic E-state index is 13.0. The number of hydrogen-bond acceptors (Lipinski definition) is 20. The van der Waals surface area contributed by atoms with Crippen LogP contribution in [0.5, 0.6) is 0 Å². The van der Waals surface area contributed by atoms with Crippen LogP contribution in [0.25, 0.3) is 11.2 Å². The predicted molar refractivity (Wildman–Crippen MR) is 179 cm³/mol. The van der Waals surface area contributed by atoms with Gasteiger partial charge >= 0.3 is 45.8 Å². The van der Waals surface area contributed by atoms with Gasteiger partial charge in [-0.05, 0) is 13.0 Å². The van der Waals surface area contributed by atoms with E-state index in [4.69, 9.17) is 43.2 Å². The molecule has 2 aliphatic heterocycles. The van der Waals surface area contributed by atoms with E-state index in [1.807, 2.05) is 0 Å². The van der Waals surface area contributed by atoms with Crippen molar-refractivity contribution in [1.29, 1.82) is 0 Å². The molecule has 5 rings (SSSR count). The summed E-state index contributed by atoms with van der Waals surface area (Å²) in [6.07, 6.45) is -6.09. The highest BCUT2D eigenvalue weighted by atomic mass is 31.3. The van der Waals surface area contributed by atoms with E-state index in [2.05, 4.69) is 19.3 Å². The number of phosphoric ester groups is 2. The Morgan fingerprint density at radius 3 is 1.91 bits per heavy atom. The number of anilines is 1. The SMILES string of the molecule is CC(=O)OC1[C@@H](COP(=O)(O)OP(=O)(O)OC[C@H]2O[C@@H]([n+]3cccc(C(C)=O)c3)[C@@H](OC(C)=O)C2OC(C)=O)O[C@@H](n2cnc3c(N)ncnc32)[C@H]1OC(C)=O. The first-order valence-electron chi connectivity index (χ1n) is 16.4. The Morgan fingerprint density at radius 2 is 1.34 bits per heavy atom. The van der Waals surface area contributed by atoms with Crippen LogP contribution in [0, 0.1) is 0 Å². The fourth-order valence-electron chi connectivity index (χ4n) is 5.88. The van der Waals surface area contributed by atoms with Crippen LogP contribution in [0.3, 0.4) is 0 Å². The molecule has 2 fully saturated rings. The van der Waals surface area contributed by atoms with Crippen molar-refractivity contribution < 1.29 is 89.2 Å². The lowest BCUT2D eigenvalue weighted by molar-refractivity contribution is -0.765. The van der Waals surface area contributed by atoms with Crippen LogP contribution in [0.1, 0.15) is 57.4 Å². The molecule has 0 saturated carbocycles. The maximum Gasteiger partial charge on any atom is 0.481 e. The summed E-state index contributed by atoms with van der Waals surface area (Å²) in [4.78, 5) is 93.3. The van der Waals surface area contributed by atoms with E-state index in [9.17, 15) is 42.9 Å². The number of ketones is 1. The highest BCUT2D eigenvalue weighted by Crippen LogP contribution is 2.61. The van der Waals surface area contributed by atoms with E-state index < -0.39 is 102 Å². The molecule has 2 saturated heterocycles. The highest BCUT2D eigenvalue weighted by molar-refractivity contribution is 7.61. The van der Waals surface area contributed by atoms with Gasteiger partial charge in [0.2, 0.25) is 6.10 Å². The molecule has 56 heavy (non-hydrogen) atoms. The van der Waals surface area contributed by atoms with Crippen LogP contribution in [0.2, 0.25) is 0 Å². The number of imidazole rings is 1. The second kappa shape index (κ2) is 17.2. The van der Waals surface area contributed by atoms with Crippen molar-refractivity contribution in [2.45, 2.75) is 83.7 Å². The molecule has 10 atom stereocenters. The van der Waals surface area contributed by atoms with Gasteiger partial charge in [0, 0.05) is 33.8 Å². The van der Waals surface area contributed by atoms with Gasteiger partial charge in [-0.25, -0.2) is 24.1 Å². The standard InChI is InChI=1S/C30H36N6O18P2/c1-14(37)19-7-6-8-35(9-19)29-25(50-17(4)40)23(48-15(2)38)20(52-29)10-46-55(42,43)54-56(44,45)47-11-21-24(49-16(3)39)26(51-18(5)41)30(53-21)36-13-34-22-27(31)32-12-33-28(22)36/h6-9,12-13,20-21,23-26,29-30H,10-11H2,1-5H3,(H3-,31,32,33,42,43,44,45)/p+1/t20-,21-,23?,24?,25+,26+,29-,30-/m1/s1. The van der Waals surface area contributed by atoms with Crippen LogP contribution in [-0.2, 0) is 70.1 Å². The van der Waals surface area contributed by atoms with Gasteiger partial charge in [-0.1, -0.05) is 0 Å². The molecule has 0 radical (unpaired) electrons. The topological polar surface area (TPSA) is 317 Å². The third-order valence-electron chi connectivity index (χ3n) is 7.97. The van der Waals surface area contributed by atoms with Gasteiger partial charge in [0.1, 0.15) is 24.1 Å². The number of fused-ring (bicyclic) bond motifs is 1. The molecule has 304 valence electrons. The number of esters is 4. The lowest BCUT2D eigenvalue weighted by atomic mass is 10.1. The first kappa shape index (κ1) is 42.4. The monoisotopic (exact) mass is 831 g/mol. The Bertz CT molecular complexity index is 2100. The van der Waals surface area contributed by atoms with E-state index >= 15 is 0 Å². The minimum absolute atomic E-state index is 0.00461. The summed E-state index contributed by atoms with van der Waals surface area (Å²) in [6, 6.07) is 3.00. The molecular formula is C30H37N6O18P2+. The van der Waals surface area contributed by atoms with Gasteiger partial charge in [-0.2, -0.15) is 8.88 Å². The summed E-state index contributed by atoms with van der Waals surface area (Å²) in [7, 11) is -11.1. The number of carbonyl (C=O) groups is 5. The maximum absolute atomic E-state index is 13.0. The third-order valence-corrected chi connectivity index (χ3v) is 10.6. The minimum atomic E-state index is -5.56. The van der Waals surface area contributed by atoms with Gasteiger partial charge in [-0.3, -0.25) is 37.6 Å². The molecule has 24 nitrogen and oxygen atoms in total. The molecule has 3 aromatic heterocycles. The number of hydrogen-bond donors (Lipinski definition) is 3. The van der Waals surface area contributed by atoms with Gasteiger partial charge in [-0.15, -0.1) is 0 Å². The summed E-state index contributed by atoms with van der Waals surface area (Å²) in [6.45, 7) is 3.61. The van der Waals surface area contributed by atoms with Crippen molar-refractivity contribution in [1.82, 2.24) is 19.5 Å². The molecule has 2 aliphatic rings. The Hall–Kier alpha value is -4.77. The lowest BCUT2D eigenvalue weighted by Gasteiger charge is -2.24. The zero-order chi connectivity index (χ0) is 41.1. The molecule has 4 unspecified atom stereocenters. The third kappa shape index (κ3) is 10.1. The number of pyridine rings is 1. The first-order chi connectivity index (χ1) is 26.2. The highest BCUT2D eigenvalue weighted by Gasteiger charge is 2.56. The average molecular weight is 832 g/mol. The molecule has 0 amide bonds. The normalized spacial score (nSPS) is 26.8. The molecule has 0 spiro atoms. The number of nitrogens with two attached hydrogens (primary N) is 1. The fourth-order valence-corrected chi connectivity index (χ4v) is 7.97.